The number of esters is 1. The van der Waals surface area contributed by atoms with Crippen molar-refractivity contribution in [2.24, 2.45) is 5.41 Å². The van der Waals surface area contributed by atoms with Gasteiger partial charge in [0, 0.05) is 5.57 Å². The van der Waals surface area contributed by atoms with Gasteiger partial charge in [0.2, 0.25) is 0 Å². The Bertz CT molecular complexity index is 624. The van der Waals surface area contributed by atoms with Gasteiger partial charge in [-0.25, -0.2) is 4.79 Å². The molecule has 154 valence electrons. The van der Waals surface area contributed by atoms with Crippen molar-refractivity contribution in [2.75, 3.05) is 7.11 Å². The summed E-state index contributed by atoms with van der Waals surface area (Å²) in [5.41, 5.74) is 3.51. The second-order valence-corrected chi connectivity index (χ2v) is 15.0. The number of hydrogen-bond acceptors (Lipinski definition) is 3. The van der Waals surface area contributed by atoms with Crippen LogP contribution in [-0.2, 0) is 14.0 Å². The molecule has 0 bridgehead atoms. The van der Waals surface area contributed by atoms with Crippen LogP contribution in [0.25, 0.3) is 0 Å². The van der Waals surface area contributed by atoms with Crippen molar-refractivity contribution in [1.82, 2.24) is 0 Å². The molecular formula is C23H40O3Si. The molecule has 0 aromatic carbocycles. The first-order valence-corrected chi connectivity index (χ1v) is 13.5. The molecule has 0 aliphatic heterocycles. The molecule has 2 aliphatic carbocycles. The Morgan fingerprint density at radius 3 is 2.59 bits per heavy atom. The van der Waals surface area contributed by atoms with Gasteiger partial charge in [-0.05, 0) is 81.0 Å². The number of methoxy groups -OCH3 is 1. The Morgan fingerprint density at radius 2 is 2.00 bits per heavy atom. The molecule has 0 saturated carbocycles. The SMILES string of the molecule is COC(=O)C1=C(C)CCC[C@@]1(C)CCC1=CCC[C@@H]1O[Si](C)(C)C(C)(C)C. The lowest BCUT2D eigenvalue weighted by molar-refractivity contribution is -0.137. The number of carbonyl (C=O) groups excluding carboxylic acids is 1. The Morgan fingerprint density at radius 1 is 1.33 bits per heavy atom. The van der Waals surface area contributed by atoms with Crippen LogP contribution >= 0.6 is 0 Å². The minimum Gasteiger partial charge on any atom is -0.466 e. The number of rotatable bonds is 6. The van der Waals surface area contributed by atoms with Crippen molar-refractivity contribution >= 4 is 14.3 Å². The molecule has 0 aromatic heterocycles. The van der Waals surface area contributed by atoms with Gasteiger partial charge in [-0.15, -0.1) is 0 Å². The van der Waals surface area contributed by atoms with Crippen LogP contribution in [0.3, 0.4) is 0 Å². The van der Waals surface area contributed by atoms with Crippen molar-refractivity contribution in [3.05, 3.63) is 22.8 Å². The van der Waals surface area contributed by atoms with E-state index in [0.717, 1.165) is 50.5 Å². The van der Waals surface area contributed by atoms with E-state index in [9.17, 15) is 4.79 Å². The van der Waals surface area contributed by atoms with E-state index in [0.29, 0.717) is 0 Å². The van der Waals surface area contributed by atoms with Crippen LogP contribution in [0.1, 0.15) is 79.6 Å². The van der Waals surface area contributed by atoms with Gasteiger partial charge in [0.1, 0.15) is 0 Å². The summed E-state index contributed by atoms with van der Waals surface area (Å²) in [6, 6.07) is 0. The van der Waals surface area contributed by atoms with Gasteiger partial charge in [0.05, 0.1) is 13.2 Å². The predicted molar refractivity (Wildman–Crippen MR) is 115 cm³/mol. The predicted octanol–water partition coefficient (Wildman–Crippen LogP) is 6.56. The molecule has 0 aromatic rings. The van der Waals surface area contributed by atoms with Crippen LogP contribution in [-0.4, -0.2) is 27.5 Å². The second kappa shape index (κ2) is 8.24. The zero-order valence-corrected chi connectivity index (χ0v) is 19.8. The van der Waals surface area contributed by atoms with E-state index in [2.05, 4.69) is 53.8 Å². The molecule has 0 amide bonds. The van der Waals surface area contributed by atoms with Crippen LogP contribution in [0.4, 0.5) is 0 Å². The summed E-state index contributed by atoms with van der Waals surface area (Å²) in [7, 11) is -0.271. The summed E-state index contributed by atoms with van der Waals surface area (Å²) in [5, 5.41) is 0.230. The lowest BCUT2D eigenvalue weighted by Gasteiger charge is -2.40. The Kier molecular flexibility index (Phi) is 6.84. The molecule has 2 atom stereocenters. The molecule has 0 spiro atoms. The zero-order chi connectivity index (χ0) is 20.5. The van der Waals surface area contributed by atoms with E-state index in [1.165, 1.54) is 18.3 Å². The number of hydrogen-bond donors (Lipinski definition) is 0. The van der Waals surface area contributed by atoms with E-state index in [-0.39, 0.29) is 22.5 Å². The minimum absolute atomic E-state index is 0.0830. The van der Waals surface area contributed by atoms with Crippen molar-refractivity contribution in [3.8, 4) is 0 Å². The van der Waals surface area contributed by atoms with Gasteiger partial charge < -0.3 is 9.16 Å². The fraction of sp³-hybridized carbons (Fsp3) is 0.783. The quantitative estimate of drug-likeness (QED) is 0.292. The van der Waals surface area contributed by atoms with Crippen molar-refractivity contribution in [2.45, 2.75) is 104 Å². The molecule has 2 aliphatic rings. The van der Waals surface area contributed by atoms with Crippen LogP contribution in [0.5, 0.6) is 0 Å². The third-order valence-corrected chi connectivity index (χ3v) is 11.6. The second-order valence-electron chi connectivity index (χ2n) is 10.3. The molecule has 0 saturated heterocycles. The maximum Gasteiger partial charge on any atom is 0.334 e. The van der Waals surface area contributed by atoms with E-state index in [1.54, 1.807) is 0 Å². The first kappa shape index (κ1) is 22.4. The molecule has 0 radical (unpaired) electrons. The average Bonchev–Trinajstić information content (AvgIpc) is 2.98. The summed E-state index contributed by atoms with van der Waals surface area (Å²) in [5.74, 6) is -0.135. The highest BCUT2D eigenvalue weighted by Gasteiger charge is 2.41. The summed E-state index contributed by atoms with van der Waals surface area (Å²) >= 11 is 0. The van der Waals surface area contributed by atoms with Gasteiger partial charge in [-0.3, -0.25) is 0 Å². The lowest BCUT2D eigenvalue weighted by atomic mass is 9.68. The van der Waals surface area contributed by atoms with Crippen LogP contribution < -0.4 is 0 Å². The van der Waals surface area contributed by atoms with Gasteiger partial charge in [0.25, 0.3) is 0 Å². The maximum absolute atomic E-state index is 12.4. The molecule has 0 unspecified atom stereocenters. The van der Waals surface area contributed by atoms with E-state index in [1.807, 2.05) is 0 Å². The van der Waals surface area contributed by atoms with Crippen LogP contribution in [0, 0.1) is 5.41 Å². The molecule has 27 heavy (non-hydrogen) atoms. The zero-order valence-electron chi connectivity index (χ0n) is 18.8. The van der Waals surface area contributed by atoms with Gasteiger partial charge in [0.15, 0.2) is 8.32 Å². The number of allylic oxidation sites excluding steroid dienone is 2. The molecule has 3 nitrogen and oxygen atoms in total. The third kappa shape index (κ3) is 4.95. The maximum atomic E-state index is 12.4. The Labute approximate surface area is 167 Å². The monoisotopic (exact) mass is 392 g/mol. The Balaban J connectivity index is 2.10. The minimum atomic E-state index is -1.77. The van der Waals surface area contributed by atoms with Crippen LogP contribution in [0.15, 0.2) is 22.8 Å². The highest BCUT2D eigenvalue weighted by atomic mass is 28.4. The molecule has 4 heteroatoms. The van der Waals surface area contributed by atoms with Gasteiger partial charge >= 0.3 is 5.97 Å². The van der Waals surface area contributed by atoms with Gasteiger partial charge in [-0.2, -0.15) is 0 Å². The molecule has 2 rings (SSSR count). The summed E-state index contributed by atoms with van der Waals surface area (Å²) in [6.45, 7) is 15.9. The Hall–Kier alpha value is -0.873. The first-order valence-electron chi connectivity index (χ1n) is 10.6. The standard InChI is InChI=1S/C23H40O3Si/c1-17-11-10-15-23(5,20(17)21(24)25-6)16-14-18-12-9-13-19(18)26-27(7,8)22(2,3)4/h12,19H,9-11,13-16H2,1-8H3/t19-,23-/m0/s1. The lowest BCUT2D eigenvalue weighted by Crippen LogP contribution is -2.44. The topological polar surface area (TPSA) is 35.5 Å². The van der Waals surface area contributed by atoms with E-state index >= 15 is 0 Å². The third-order valence-electron chi connectivity index (χ3n) is 7.16. The summed E-state index contributed by atoms with van der Waals surface area (Å²) in [4.78, 5) is 12.4. The fourth-order valence-corrected chi connectivity index (χ4v) is 5.70. The summed E-state index contributed by atoms with van der Waals surface area (Å²) in [6.07, 6.45) is 10.1. The smallest absolute Gasteiger partial charge is 0.334 e. The molecule has 0 heterocycles. The molecule has 0 N–H and O–H groups in total. The largest absolute Gasteiger partial charge is 0.466 e. The number of ether oxygens (including phenoxy) is 1. The average molecular weight is 393 g/mol. The first-order chi connectivity index (χ1) is 12.4. The summed E-state index contributed by atoms with van der Waals surface area (Å²) < 4.78 is 11.9. The fourth-order valence-electron chi connectivity index (χ4n) is 4.37. The van der Waals surface area contributed by atoms with Crippen molar-refractivity contribution < 1.29 is 14.0 Å². The van der Waals surface area contributed by atoms with Crippen LogP contribution in [0.2, 0.25) is 18.1 Å². The van der Waals surface area contributed by atoms with Gasteiger partial charge in [-0.1, -0.05) is 39.3 Å². The highest BCUT2D eigenvalue weighted by Crippen LogP contribution is 2.46. The van der Waals surface area contributed by atoms with E-state index < -0.39 is 8.32 Å². The van der Waals surface area contributed by atoms with Crippen molar-refractivity contribution in [1.29, 1.82) is 0 Å². The molecule has 0 fully saturated rings. The highest BCUT2D eigenvalue weighted by molar-refractivity contribution is 6.74. The van der Waals surface area contributed by atoms with E-state index in [4.69, 9.17) is 9.16 Å². The van der Waals surface area contributed by atoms with Crippen molar-refractivity contribution in [3.63, 3.8) is 0 Å². The normalized spacial score (nSPS) is 27.0. The molecular weight excluding hydrogens is 352 g/mol. The number of carbonyl (C=O) groups is 1.